The number of halogens is 1. The molecule has 0 fully saturated rings. The van der Waals surface area contributed by atoms with Crippen LogP contribution in [0.25, 0.3) is 0 Å². The molecule has 5 heteroatoms. The Morgan fingerprint density at radius 1 is 1.25 bits per heavy atom. The standard InChI is InChI=1S/C15H15FN2O2/c1-20-12-6-7-13(14(16)8-12)15(19)18-11-4-2-10(9-17)3-5-11/h2-8H,9,17H2,1H3,(H,18,19). The molecule has 0 radical (unpaired) electrons. The number of hydrogen-bond donors (Lipinski definition) is 2. The van der Waals surface area contributed by atoms with Crippen LogP contribution < -0.4 is 15.8 Å². The molecule has 0 spiro atoms. The fraction of sp³-hybridized carbons (Fsp3) is 0.133. The fourth-order valence-electron chi connectivity index (χ4n) is 1.73. The van der Waals surface area contributed by atoms with Gasteiger partial charge in [0.05, 0.1) is 12.7 Å². The Bertz CT molecular complexity index is 612. The van der Waals surface area contributed by atoms with Crippen LogP contribution in [0.2, 0.25) is 0 Å². The lowest BCUT2D eigenvalue weighted by Gasteiger charge is -2.08. The van der Waals surface area contributed by atoms with Crippen LogP contribution in [0.3, 0.4) is 0 Å². The average Bonchev–Trinajstić information content (AvgIpc) is 2.47. The maximum atomic E-state index is 13.8. The van der Waals surface area contributed by atoms with Crippen molar-refractivity contribution >= 4 is 11.6 Å². The summed E-state index contributed by atoms with van der Waals surface area (Å²) >= 11 is 0. The summed E-state index contributed by atoms with van der Waals surface area (Å²) in [6.45, 7) is 0.432. The largest absolute Gasteiger partial charge is 0.497 e. The van der Waals surface area contributed by atoms with E-state index in [1.165, 1.54) is 25.3 Å². The number of hydrogen-bond acceptors (Lipinski definition) is 3. The van der Waals surface area contributed by atoms with Gasteiger partial charge >= 0.3 is 0 Å². The van der Waals surface area contributed by atoms with E-state index in [0.717, 1.165) is 5.56 Å². The van der Waals surface area contributed by atoms with Gasteiger partial charge in [-0.25, -0.2) is 4.39 Å². The Morgan fingerprint density at radius 2 is 1.95 bits per heavy atom. The van der Waals surface area contributed by atoms with Crippen molar-refractivity contribution in [3.8, 4) is 5.75 Å². The molecule has 0 saturated carbocycles. The minimum absolute atomic E-state index is 0.0336. The molecule has 0 saturated heterocycles. The molecule has 0 aromatic heterocycles. The van der Waals surface area contributed by atoms with Crippen LogP contribution in [0.5, 0.6) is 5.75 Å². The van der Waals surface area contributed by atoms with Crippen molar-refractivity contribution in [3.05, 3.63) is 59.4 Å². The van der Waals surface area contributed by atoms with Crippen molar-refractivity contribution < 1.29 is 13.9 Å². The number of benzene rings is 2. The van der Waals surface area contributed by atoms with Crippen LogP contribution in [-0.2, 0) is 6.54 Å². The fourth-order valence-corrected chi connectivity index (χ4v) is 1.73. The summed E-state index contributed by atoms with van der Waals surface area (Å²) in [7, 11) is 1.44. The zero-order valence-electron chi connectivity index (χ0n) is 11.0. The Labute approximate surface area is 116 Å². The number of carbonyl (C=O) groups is 1. The minimum atomic E-state index is -0.625. The Kier molecular flexibility index (Phi) is 4.32. The summed E-state index contributed by atoms with van der Waals surface area (Å²) < 4.78 is 18.6. The van der Waals surface area contributed by atoms with E-state index in [-0.39, 0.29) is 5.56 Å². The van der Waals surface area contributed by atoms with E-state index in [1.54, 1.807) is 24.3 Å². The molecule has 4 nitrogen and oxygen atoms in total. The third-order valence-corrected chi connectivity index (χ3v) is 2.87. The highest BCUT2D eigenvalue weighted by molar-refractivity contribution is 6.04. The summed E-state index contributed by atoms with van der Waals surface area (Å²) in [4.78, 5) is 12.0. The normalized spacial score (nSPS) is 10.2. The van der Waals surface area contributed by atoms with Crippen molar-refractivity contribution in [1.29, 1.82) is 0 Å². The molecule has 0 bridgehead atoms. The van der Waals surface area contributed by atoms with E-state index in [0.29, 0.717) is 18.0 Å². The minimum Gasteiger partial charge on any atom is -0.497 e. The summed E-state index contributed by atoms with van der Waals surface area (Å²) in [5.41, 5.74) is 7.00. The van der Waals surface area contributed by atoms with Gasteiger partial charge in [0.1, 0.15) is 11.6 Å². The molecule has 20 heavy (non-hydrogen) atoms. The highest BCUT2D eigenvalue weighted by Gasteiger charge is 2.12. The Hall–Kier alpha value is -2.40. The third kappa shape index (κ3) is 3.13. The molecule has 2 aromatic rings. The zero-order valence-corrected chi connectivity index (χ0v) is 11.0. The van der Waals surface area contributed by atoms with E-state index in [1.807, 2.05) is 0 Å². The van der Waals surface area contributed by atoms with E-state index in [2.05, 4.69) is 5.32 Å². The van der Waals surface area contributed by atoms with Gasteiger partial charge < -0.3 is 15.8 Å². The lowest BCUT2D eigenvalue weighted by atomic mass is 10.1. The van der Waals surface area contributed by atoms with E-state index in [4.69, 9.17) is 10.5 Å². The van der Waals surface area contributed by atoms with Crippen LogP contribution >= 0.6 is 0 Å². The predicted octanol–water partition coefficient (Wildman–Crippen LogP) is 2.55. The number of nitrogens with one attached hydrogen (secondary N) is 1. The first kappa shape index (κ1) is 14.0. The number of anilines is 1. The molecule has 104 valence electrons. The van der Waals surface area contributed by atoms with Crippen molar-refractivity contribution in [2.75, 3.05) is 12.4 Å². The second-order valence-corrected chi connectivity index (χ2v) is 4.20. The van der Waals surface area contributed by atoms with Gasteiger partial charge in [-0.1, -0.05) is 12.1 Å². The summed E-state index contributed by atoms with van der Waals surface area (Å²) in [6, 6.07) is 11.2. The molecule has 0 atom stereocenters. The first-order valence-corrected chi connectivity index (χ1v) is 6.08. The Morgan fingerprint density at radius 3 is 2.50 bits per heavy atom. The molecular formula is C15H15FN2O2. The third-order valence-electron chi connectivity index (χ3n) is 2.87. The molecule has 0 heterocycles. The molecular weight excluding hydrogens is 259 g/mol. The maximum absolute atomic E-state index is 13.8. The van der Waals surface area contributed by atoms with Crippen molar-refractivity contribution in [1.82, 2.24) is 0 Å². The summed E-state index contributed by atoms with van der Waals surface area (Å²) in [5, 5.41) is 2.63. The number of methoxy groups -OCH3 is 1. The van der Waals surface area contributed by atoms with E-state index >= 15 is 0 Å². The first-order chi connectivity index (χ1) is 9.63. The maximum Gasteiger partial charge on any atom is 0.258 e. The van der Waals surface area contributed by atoms with Gasteiger partial charge in [0.25, 0.3) is 5.91 Å². The van der Waals surface area contributed by atoms with E-state index in [9.17, 15) is 9.18 Å². The second-order valence-electron chi connectivity index (χ2n) is 4.20. The monoisotopic (exact) mass is 274 g/mol. The van der Waals surface area contributed by atoms with Crippen molar-refractivity contribution in [2.24, 2.45) is 5.73 Å². The predicted molar refractivity (Wildman–Crippen MR) is 75.2 cm³/mol. The molecule has 1 amide bonds. The molecule has 0 aliphatic heterocycles. The zero-order chi connectivity index (χ0) is 14.5. The van der Waals surface area contributed by atoms with Crippen LogP contribution in [0.4, 0.5) is 10.1 Å². The van der Waals surface area contributed by atoms with Crippen LogP contribution in [0.15, 0.2) is 42.5 Å². The topological polar surface area (TPSA) is 64.3 Å². The molecule has 0 aliphatic rings. The van der Waals surface area contributed by atoms with Crippen LogP contribution in [-0.4, -0.2) is 13.0 Å². The number of ether oxygens (including phenoxy) is 1. The van der Waals surface area contributed by atoms with Gasteiger partial charge in [-0.15, -0.1) is 0 Å². The Balaban J connectivity index is 2.14. The highest BCUT2D eigenvalue weighted by Crippen LogP contribution is 2.18. The average molecular weight is 274 g/mol. The van der Waals surface area contributed by atoms with Gasteiger partial charge in [-0.3, -0.25) is 4.79 Å². The van der Waals surface area contributed by atoms with Crippen LogP contribution in [0, 0.1) is 5.82 Å². The number of nitrogens with two attached hydrogens (primary N) is 1. The SMILES string of the molecule is COc1ccc(C(=O)Nc2ccc(CN)cc2)c(F)c1. The number of amides is 1. The summed E-state index contributed by atoms with van der Waals surface area (Å²) in [5.74, 6) is -0.766. The van der Waals surface area contributed by atoms with Gasteiger partial charge in [0.2, 0.25) is 0 Å². The molecule has 0 aliphatic carbocycles. The lowest BCUT2D eigenvalue weighted by Crippen LogP contribution is -2.13. The van der Waals surface area contributed by atoms with Crippen molar-refractivity contribution in [3.63, 3.8) is 0 Å². The van der Waals surface area contributed by atoms with Crippen molar-refractivity contribution in [2.45, 2.75) is 6.54 Å². The van der Waals surface area contributed by atoms with E-state index < -0.39 is 11.7 Å². The quantitative estimate of drug-likeness (QED) is 0.900. The molecule has 3 N–H and O–H groups in total. The second kappa shape index (κ2) is 6.16. The van der Waals surface area contributed by atoms with Crippen LogP contribution in [0.1, 0.15) is 15.9 Å². The molecule has 2 aromatic carbocycles. The lowest BCUT2D eigenvalue weighted by molar-refractivity contribution is 0.102. The molecule has 2 rings (SSSR count). The summed E-state index contributed by atoms with van der Waals surface area (Å²) in [6.07, 6.45) is 0. The number of rotatable bonds is 4. The number of carbonyl (C=O) groups excluding carboxylic acids is 1. The van der Waals surface area contributed by atoms with Gasteiger partial charge in [0.15, 0.2) is 0 Å². The highest BCUT2D eigenvalue weighted by atomic mass is 19.1. The van der Waals surface area contributed by atoms with Gasteiger partial charge in [-0.2, -0.15) is 0 Å². The van der Waals surface area contributed by atoms with Gasteiger partial charge in [0, 0.05) is 18.3 Å². The smallest absolute Gasteiger partial charge is 0.258 e. The molecule has 0 unspecified atom stereocenters. The van der Waals surface area contributed by atoms with Gasteiger partial charge in [-0.05, 0) is 29.8 Å². The first-order valence-electron chi connectivity index (χ1n) is 6.08.